The summed E-state index contributed by atoms with van der Waals surface area (Å²) in [6, 6.07) is 31.7. The number of benzene rings is 4. The van der Waals surface area contributed by atoms with Crippen molar-refractivity contribution in [1.82, 2.24) is 5.43 Å². The number of ether oxygens (including phenoxy) is 1. The van der Waals surface area contributed by atoms with Gasteiger partial charge >= 0.3 is 0 Å². The molecule has 0 radical (unpaired) electrons. The number of halogens is 1. The zero-order valence-electron chi connectivity index (χ0n) is 19.7. The number of rotatable bonds is 10. The molecule has 0 saturated heterocycles. The zero-order chi connectivity index (χ0) is 26.1. The predicted molar refractivity (Wildman–Crippen MR) is 148 cm³/mol. The highest BCUT2D eigenvalue weighted by molar-refractivity contribution is 9.10. The Balaban J connectivity index is 1.47. The normalized spacial score (nSPS) is 11.3. The van der Waals surface area contributed by atoms with E-state index in [-0.39, 0.29) is 4.90 Å². The fraction of sp³-hybridized carbons (Fsp3) is 0.0714. The third kappa shape index (κ3) is 7.05. The van der Waals surface area contributed by atoms with E-state index in [1.54, 1.807) is 42.5 Å². The Morgan fingerprint density at radius 3 is 2.19 bits per heavy atom. The molecule has 0 heterocycles. The van der Waals surface area contributed by atoms with Crippen LogP contribution in [-0.2, 0) is 21.4 Å². The van der Waals surface area contributed by atoms with Crippen LogP contribution < -0.4 is 14.5 Å². The maximum Gasteiger partial charge on any atom is 0.264 e. The number of amides is 1. The van der Waals surface area contributed by atoms with E-state index < -0.39 is 22.5 Å². The summed E-state index contributed by atoms with van der Waals surface area (Å²) in [5.74, 6) is 0.00820. The van der Waals surface area contributed by atoms with Crippen molar-refractivity contribution in [3.05, 3.63) is 125 Å². The summed E-state index contributed by atoms with van der Waals surface area (Å²) in [4.78, 5) is 12.9. The highest BCUT2D eigenvalue weighted by atomic mass is 79.9. The molecule has 37 heavy (non-hydrogen) atoms. The molecule has 0 aromatic heterocycles. The van der Waals surface area contributed by atoms with E-state index >= 15 is 0 Å². The summed E-state index contributed by atoms with van der Waals surface area (Å²) in [5.41, 5.74) is 4.47. The Kier molecular flexibility index (Phi) is 8.71. The van der Waals surface area contributed by atoms with E-state index in [2.05, 4.69) is 26.5 Å². The topological polar surface area (TPSA) is 88.1 Å². The highest BCUT2D eigenvalue weighted by Crippen LogP contribution is 2.25. The van der Waals surface area contributed by atoms with E-state index in [0.717, 1.165) is 14.3 Å². The quantitative estimate of drug-likeness (QED) is 0.202. The molecule has 0 aliphatic rings. The molecule has 188 valence electrons. The van der Waals surface area contributed by atoms with Gasteiger partial charge in [-0.05, 0) is 54.1 Å². The van der Waals surface area contributed by atoms with Crippen LogP contribution in [0.5, 0.6) is 5.75 Å². The van der Waals surface area contributed by atoms with Gasteiger partial charge in [0.05, 0.1) is 16.8 Å². The van der Waals surface area contributed by atoms with Crippen LogP contribution in [0.2, 0.25) is 0 Å². The molecule has 0 bridgehead atoms. The summed E-state index contributed by atoms with van der Waals surface area (Å²) in [5, 5.41) is 4.04. The Labute approximate surface area is 224 Å². The van der Waals surface area contributed by atoms with E-state index in [4.69, 9.17) is 4.74 Å². The van der Waals surface area contributed by atoms with Crippen molar-refractivity contribution < 1.29 is 17.9 Å². The molecule has 9 heteroatoms. The first-order chi connectivity index (χ1) is 17.9. The van der Waals surface area contributed by atoms with Crippen LogP contribution in [0.1, 0.15) is 11.1 Å². The number of hydrazone groups is 1. The maximum absolute atomic E-state index is 13.4. The zero-order valence-corrected chi connectivity index (χ0v) is 22.1. The van der Waals surface area contributed by atoms with Gasteiger partial charge in [0.2, 0.25) is 0 Å². The van der Waals surface area contributed by atoms with Gasteiger partial charge in [0.1, 0.15) is 18.9 Å². The van der Waals surface area contributed by atoms with Crippen molar-refractivity contribution in [3.8, 4) is 5.75 Å². The second-order valence-corrected chi connectivity index (χ2v) is 10.7. The minimum Gasteiger partial charge on any atom is -0.488 e. The lowest BCUT2D eigenvalue weighted by Gasteiger charge is -2.23. The molecule has 0 aliphatic carbocycles. The van der Waals surface area contributed by atoms with Crippen molar-refractivity contribution in [3.63, 3.8) is 0 Å². The number of sulfonamides is 1. The lowest BCUT2D eigenvalue weighted by atomic mass is 10.2. The molecular formula is C28H24BrN3O4S. The third-order valence-corrected chi connectivity index (χ3v) is 7.60. The minimum absolute atomic E-state index is 0.0821. The summed E-state index contributed by atoms with van der Waals surface area (Å²) in [7, 11) is -3.99. The van der Waals surface area contributed by atoms with Crippen LogP contribution in [0.3, 0.4) is 0 Å². The summed E-state index contributed by atoms with van der Waals surface area (Å²) in [6.07, 6.45) is 1.47. The molecule has 4 aromatic carbocycles. The number of nitrogens with one attached hydrogen (secondary N) is 1. The van der Waals surface area contributed by atoms with Crippen LogP contribution in [0.4, 0.5) is 5.69 Å². The molecular weight excluding hydrogens is 554 g/mol. The van der Waals surface area contributed by atoms with Crippen molar-refractivity contribution in [2.75, 3.05) is 10.8 Å². The van der Waals surface area contributed by atoms with Gasteiger partial charge in [-0.2, -0.15) is 5.10 Å². The molecule has 0 saturated carbocycles. The SMILES string of the molecule is O=C(CN(c1ccc(Br)cc1)S(=O)(=O)c1ccccc1)N/N=C\c1ccccc1OCc1ccccc1. The van der Waals surface area contributed by atoms with Gasteiger partial charge in [-0.3, -0.25) is 9.10 Å². The molecule has 0 fully saturated rings. The summed E-state index contributed by atoms with van der Waals surface area (Å²) in [6.45, 7) is -0.0695. The molecule has 0 aliphatic heterocycles. The lowest BCUT2D eigenvalue weighted by molar-refractivity contribution is -0.119. The molecule has 7 nitrogen and oxygen atoms in total. The Morgan fingerprint density at radius 2 is 1.49 bits per heavy atom. The highest BCUT2D eigenvalue weighted by Gasteiger charge is 2.27. The molecule has 1 amide bonds. The van der Waals surface area contributed by atoms with Gasteiger partial charge in [-0.25, -0.2) is 13.8 Å². The Morgan fingerprint density at radius 1 is 0.865 bits per heavy atom. The number of anilines is 1. The first-order valence-corrected chi connectivity index (χ1v) is 13.6. The molecule has 0 atom stereocenters. The lowest BCUT2D eigenvalue weighted by Crippen LogP contribution is -2.39. The smallest absolute Gasteiger partial charge is 0.264 e. The molecule has 4 rings (SSSR count). The van der Waals surface area contributed by atoms with Crippen molar-refractivity contribution >= 4 is 43.8 Å². The fourth-order valence-corrected chi connectivity index (χ4v) is 5.14. The van der Waals surface area contributed by atoms with E-state index in [1.807, 2.05) is 54.6 Å². The Hall–Kier alpha value is -3.95. The molecule has 1 N–H and O–H groups in total. The van der Waals surface area contributed by atoms with Crippen molar-refractivity contribution in [1.29, 1.82) is 0 Å². The van der Waals surface area contributed by atoms with Crippen LogP contribution in [0, 0.1) is 0 Å². The first-order valence-electron chi connectivity index (χ1n) is 11.3. The number of hydrogen-bond acceptors (Lipinski definition) is 5. The van der Waals surface area contributed by atoms with Gasteiger partial charge in [-0.1, -0.05) is 76.6 Å². The number of hydrogen-bond donors (Lipinski definition) is 1. The monoisotopic (exact) mass is 577 g/mol. The van der Waals surface area contributed by atoms with Crippen LogP contribution in [0.25, 0.3) is 0 Å². The van der Waals surface area contributed by atoms with Crippen molar-refractivity contribution in [2.45, 2.75) is 11.5 Å². The van der Waals surface area contributed by atoms with Crippen LogP contribution in [0.15, 0.2) is 124 Å². The van der Waals surface area contributed by atoms with Crippen LogP contribution >= 0.6 is 15.9 Å². The summed E-state index contributed by atoms with van der Waals surface area (Å²) >= 11 is 3.35. The number of carbonyl (C=O) groups is 1. The fourth-order valence-electron chi connectivity index (χ4n) is 3.44. The number of nitrogens with zero attached hydrogens (tertiary/aromatic N) is 2. The van der Waals surface area contributed by atoms with E-state index in [1.165, 1.54) is 18.3 Å². The van der Waals surface area contributed by atoms with Gasteiger partial charge in [0.25, 0.3) is 15.9 Å². The second-order valence-electron chi connectivity index (χ2n) is 7.91. The van der Waals surface area contributed by atoms with E-state index in [9.17, 15) is 13.2 Å². The number of para-hydroxylation sites is 1. The standard InChI is InChI=1S/C28H24BrN3O4S/c29-24-15-17-25(18-16-24)32(37(34,35)26-12-5-2-6-13-26)20-28(33)31-30-19-23-11-7-8-14-27(23)36-21-22-9-3-1-4-10-22/h1-19H,20-21H2,(H,31,33)/b30-19-. The van der Waals surface area contributed by atoms with Gasteiger partial charge < -0.3 is 4.74 Å². The average Bonchev–Trinajstić information content (AvgIpc) is 2.93. The molecule has 0 unspecified atom stereocenters. The summed E-state index contributed by atoms with van der Waals surface area (Å²) < 4.78 is 34.5. The minimum atomic E-state index is -3.99. The largest absolute Gasteiger partial charge is 0.488 e. The maximum atomic E-state index is 13.4. The Bertz CT molecular complexity index is 1460. The van der Waals surface area contributed by atoms with Gasteiger partial charge in [-0.15, -0.1) is 0 Å². The van der Waals surface area contributed by atoms with Gasteiger partial charge in [0, 0.05) is 10.0 Å². The molecule has 4 aromatic rings. The number of carbonyl (C=O) groups excluding carboxylic acids is 1. The van der Waals surface area contributed by atoms with E-state index in [0.29, 0.717) is 23.6 Å². The van der Waals surface area contributed by atoms with Crippen LogP contribution in [-0.4, -0.2) is 27.1 Å². The third-order valence-electron chi connectivity index (χ3n) is 5.28. The predicted octanol–water partition coefficient (Wildman–Crippen LogP) is 5.37. The average molecular weight is 578 g/mol. The second kappa shape index (κ2) is 12.3. The van der Waals surface area contributed by atoms with Crippen molar-refractivity contribution in [2.24, 2.45) is 5.10 Å². The molecule has 0 spiro atoms. The first kappa shape index (κ1) is 26.1. The van der Waals surface area contributed by atoms with Gasteiger partial charge in [0.15, 0.2) is 0 Å².